The summed E-state index contributed by atoms with van der Waals surface area (Å²) in [7, 11) is -3.66. The zero-order valence-electron chi connectivity index (χ0n) is 14.8. The molecule has 3 aliphatic rings. The predicted octanol–water partition coefficient (Wildman–Crippen LogP) is 4.30. The van der Waals surface area contributed by atoms with Gasteiger partial charge in [-0.2, -0.15) is 0 Å². The molecule has 1 saturated heterocycles. The minimum atomic E-state index is -3.66. The van der Waals surface area contributed by atoms with Crippen LogP contribution in [0.15, 0.2) is 70.1 Å². The summed E-state index contributed by atoms with van der Waals surface area (Å²) in [6.45, 7) is 2.22. The highest BCUT2D eigenvalue weighted by atomic mass is 32.2. The third kappa shape index (κ3) is 2.90. The third-order valence-electron chi connectivity index (χ3n) is 5.42. The molecule has 3 aliphatic heterocycles. The topological polar surface area (TPSA) is 62.6 Å². The second-order valence-electron chi connectivity index (χ2n) is 7.15. The van der Waals surface area contributed by atoms with Gasteiger partial charge in [0.25, 0.3) is 10.0 Å². The molecule has 6 rings (SSSR count). The normalized spacial score (nSPS) is 17.3. The quantitative estimate of drug-likeness (QED) is 0.733. The van der Waals surface area contributed by atoms with Gasteiger partial charge in [-0.05, 0) is 43.0 Å². The Kier molecular flexibility index (Phi) is 3.75. The molecule has 0 aliphatic carbocycles. The summed E-state index contributed by atoms with van der Waals surface area (Å²) < 4.78 is 34.2. The molecule has 0 unspecified atom stereocenters. The van der Waals surface area contributed by atoms with Gasteiger partial charge in [0.1, 0.15) is 5.76 Å². The minimum absolute atomic E-state index is 0.230. The molecule has 1 fully saturated rings. The fraction of sp³-hybridized carbons (Fsp3) is 0.238. The van der Waals surface area contributed by atoms with Crippen LogP contribution in [0.1, 0.15) is 18.6 Å². The second-order valence-corrected chi connectivity index (χ2v) is 8.83. The van der Waals surface area contributed by atoms with Crippen LogP contribution in [-0.2, 0) is 10.0 Å². The largest absolute Gasteiger partial charge is 0.454 e. The van der Waals surface area contributed by atoms with Crippen molar-refractivity contribution in [3.05, 3.63) is 66.6 Å². The lowest BCUT2D eigenvalue weighted by Gasteiger charge is -2.38. The van der Waals surface area contributed by atoms with Crippen LogP contribution in [0.4, 0.5) is 5.69 Å². The lowest BCUT2D eigenvalue weighted by molar-refractivity contribution is 0.250. The monoisotopic (exact) mass is 380 g/mol. The van der Waals surface area contributed by atoms with Crippen LogP contribution in [-0.4, -0.2) is 26.4 Å². The Morgan fingerprint density at radius 3 is 2.48 bits per heavy atom. The first-order chi connectivity index (χ1) is 13.1. The van der Waals surface area contributed by atoms with Crippen molar-refractivity contribution >= 4 is 32.3 Å². The average Bonchev–Trinajstić information content (AvgIpc) is 3.15. The second kappa shape index (κ2) is 6.16. The van der Waals surface area contributed by atoms with E-state index in [1.807, 2.05) is 18.2 Å². The van der Waals surface area contributed by atoms with Gasteiger partial charge in [0.05, 0.1) is 10.6 Å². The minimum Gasteiger partial charge on any atom is -0.454 e. The van der Waals surface area contributed by atoms with E-state index in [0.717, 1.165) is 37.1 Å². The maximum atomic E-state index is 12.7. The number of allylic oxidation sites excluding steroid dienone is 1. The number of furan rings is 1. The van der Waals surface area contributed by atoms with E-state index in [0.29, 0.717) is 17.2 Å². The SMILES string of the molecule is O=S(=O)(Nc1cccc2cc(C3=CN4CCC3CC4)oc12)c1ccccc1. The zero-order chi connectivity index (χ0) is 18.4. The molecule has 4 heterocycles. The van der Waals surface area contributed by atoms with E-state index in [1.165, 1.54) is 5.57 Å². The Hall–Kier alpha value is -2.73. The molecule has 3 aromatic rings. The number of nitrogens with zero attached hydrogens (tertiary/aromatic N) is 1. The molecule has 0 amide bonds. The molecule has 0 spiro atoms. The van der Waals surface area contributed by atoms with Crippen molar-refractivity contribution in [3.63, 3.8) is 0 Å². The van der Waals surface area contributed by atoms with Crippen molar-refractivity contribution in [1.82, 2.24) is 4.90 Å². The van der Waals surface area contributed by atoms with Gasteiger partial charge in [-0.15, -0.1) is 0 Å². The molecule has 6 heteroatoms. The summed E-state index contributed by atoms with van der Waals surface area (Å²) >= 11 is 0. The van der Waals surface area contributed by atoms with E-state index in [-0.39, 0.29) is 4.90 Å². The lowest BCUT2D eigenvalue weighted by atomic mass is 9.84. The molecule has 1 aromatic heterocycles. The Morgan fingerprint density at radius 2 is 1.78 bits per heavy atom. The van der Waals surface area contributed by atoms with E-state index >= 15 is 0 Å². The summed E-state index contributed by atoms with van der Waals surface area (Å²) in [6, 6.07) is 15.9. The first-order valence-corrected chi connectivity index (χ1v) is 10.6. The summed E-state index contributed by atoms with van der Waals surface area (Å²) in [5, 5.41) is 0.899. The number of hydrogen-bond donors (Lipinski definition) is 1. The Labute approximate surface area is 158 Å². The number of fused-ring (bicyclic) bond motifs is 3. The van der Waals surface area contributed by atoms with Crippen LogP contribution in [0.2, 0.25) is 0 Å². The van der Waals surface area contributed by atoms with Gasteiger partial charge < -0.3 is 9.32 Å². The van der Waals surface area contributed by atoms with E-state index in [1.54, 1.807) is 36.4 Å². The summed E-state index contributed by atoms with van der Waals surface area (Å²) in [5.41, 5.74) is 2.26. The standard InChI is InChI=1S/C21H20N2O3S/c24-27(25,17-6-2-1-3-7-17)22-19-8-4-5-16-13-20(26-21(16)19)18-14-23-11-9-15(18)10-12-23/h1-8,13-15,22H,9-12H2. The molecule has 27 heavy (non-hydrogen) atoms. The fourth-order valence-electron chi connectivity index (χ4n) is 4.00. The van der Waals surface area contributed by atoms with Crippen LogP contribution >= 0.6 is 0 Å². The number of piperidine rings is 1. The molecule has 0 atom stereocenters. The van der Waals surface area contributed by atoms with Crippen LogP contribution in [0.3, 0.4) is 0 Å². The number of anilines is 1. The van der Waals surface area contributed by atoms with Crippen molar-refractivity contribution in [3.8, 4) is 0 Å². The van der Waals surface area contributed by atoms with Crippen molar-refractivity contribution in [2.24, 2.45) is 5.92 Å². The highest BCUT2D eigenvalue weighted by Gasteiger charge is 2.30. The van der Waals surface area contributed by atoms with E-state index in [9.17, 15) is 8.42 Å². The van der Waals surface area contributed by atoms with Crippen molar-refractivity contribution in [2.75, 3.05) is 17.8 Å². The molecule has 2 bridgehead atoms. The Balaban J connectivity index is 1.54. The number of sulfonamides is 1. The third-order valence-corrected chi connectivity index (χ3v) is 6.80. The summed E-state index contributed by atoms with van der Waals surface area (Å²) in [6.07, 6.45) is 4.50. The van der Waals surface area contributed by atoms with E-state index in [4.69, 9.17) is 4.42 Å². The number of benzene rings is 2. The van der Waals surface area contributed by atoms with Gasteiger partial charge in [0, 0.05) is 30.2 Å². The maximum Gasteiger partial charge on any atom is 0.262 e. The highest BCUT2D eigenvalue weighted by molar-refractivity contribution is 7.92. The molecule has 0 saturated carbocycles. The summed E-state index contributed by atoms with van der Waals surface area (Å²) in [4.78, 5) is 2.57. The van der Waals surface area contributed by atoms with Gasteiger partial charge in [-0.3, -0.25) is 4.72 Å². The Bertz CT molecular complexity index is 1120. The first kappa shape index (κ1) is 16.4. The Morgan fingerprint density at radius 1 is 1.00 bits per heavy atom. The highest BCUT2D eigenvalue weighted by Crippen LogP contribution is 2.40. The lowest BCUT2D eigenvalue weighted by Crippen LogP contribution is -2.35. The van der Waals surface area contributed by atoms with Gasteiger partial charge in [0.2, 0.25) is 0 Å². The summed E-state index contributed by atoms with van der Waals surface area (Å²) in [5.74, 6) is 1.37. The number of nitrogens with one attached hydrogen (secondary N) is 1. The van der Waals surface area contributed by atoms with Gasteiger partial charge in [-0.1, -0.05) is 30.3 Å². The maximum absolute atomic E-state index is 12.7. The van der Waals surface area contributed by atoms with Gasteiger partial charge in [-0.25, -0.2) is 8.42 Å². The molecule has 5 nitrogen and oxygen atoms in total. The van der Waals surface area contributed by atoms with E-state index in [2.05, 4.69) is 15.8 Å². The predicted molar refractivity (Wildman–Crippen MR) is 106 cm³/mol. The number of para-hydroxylation sites is 1. The smallest absolute Gasteiger partial charge is 0.262 e. The van der Waals surface area contributed by atoms with E-state index < -0.39 is 10.0 Å². The van der Waals surface area contributed by atoms with Crippen LogP contribution in [0, 0.1) is 5.92 Å². The average molecular weight is 380 g/mol. The van der Waals surface area contributed by atoms with Gasteiger partial charge in [0.15, 0.2) is 5.58 Å². The molecule has 0 radical (unpaired) electrons. The van der Waals surface area contributed by atoms with Crippen molar-refractivity contribution in [1.29, 1.82) is 0 Å². The molecule has 138 valence electrons. The van der Waals surface area contributed by atoms with Crippen LogP contribution in [0.25, 0.3) is 16.5 Å². The zero-order valence-corrected chi connectivity index (χ0v) is 15.6. The van der Waals surface area contributed by atoms with Crippen LogP contribution in [0.5, 0.6) is 0 Å². The fourth-order valence-corrected chi connectivity index (χ4v) is 5.08. The first-order valence-electron chi connectivity index (χ1n) is 9.17. The molecular formula is C21H20N2O3S. The van der Waals surface area contributed by atoms with Crippen molar-refractivity contribution < 1.29 is 12.8 Å². The molecular weight excluding hydrogens is 360 g/mol. The molecule has 2 aromatic carbocycles. The van der Waals surface area contributed by atoms with Gasteiger partial charge >= 0.3 is 0 Å². The van der Waals surface area contributed by atoms with Crippen LogP contribution < -0.4 is 4.72 Å². The number of hydrogen-bond acceptors (Lipinski definition) is 4. The van der Waals surface area contributed by atoms with Crippen molar-refractivity contribution in [2.45, 2.75) is 17.7 Å². The molecule has 1 N–H and O–H groups in total. The number of rotatable bonds is 4.